The van der Waals surface area contributed by atoms with Crippen LogP contribution in [0.3, 0.4) is 0 Å². The summed E-state index contributed by atoms with van der Waals surface area (Å²) >= 11 is 0. The molecule has 150 valence electrons. The summed E-state index contributed by atoms with van der Waals surface area (Å²) in [7, 11) is 0. The standard InChI is InChI=1S/C21H29N5O2/c1-15-6-2-3-8-17(15)21-24-19(25-28-21)14-26-11-5-7-16(13-26)12-23-20(27)18-9-4-10-22-18/h2-3,6,8,16,18,22H,4-5,7,9-14H2,1H3,(H,23,27). The number of carbonyl (C=O) groups excluding carboxylic acids is 1. The van der Waals surface area contributed by atoms with Crippen molar-refractivity contribution >= 4 is 5.91 Å². The van der Waals surface area contributed by atoms with Crippen molar-refractivity contribution in [2.24, 2.45) is 5.92 Å². The molecule has 1 amide bonds. The van der Waals surface area contributed by atoms with Crippen molar-refractivity contribution in [2.45, 2.75) is 45.2 Å². The minimum atomic E-state index is -0.00103. The predicted octanol–water partition coefficient (Wildman–Crippen LogP) is 2.13. The van der Waals surface area contributed by atoms with Gasteiger partial charge in [-0.05, 0) is 63.2 Å². The first-order valence-electron chi connectivity index (χ1n) is 10.3. The molecule has 4 rings (SSSR count). The van der Waals surface area contributed by atoms with E-state index in [9.17, 15) is 4.79 Å². The summed E-state index contributed by atoms with van der Waals surface area (Å²) in [6.45, 7) is 6.40. The highest BCUT2D eigenvalue weighted by Gasteiger charge is 2.25. The Bertz CT molecular complexity index is 800. The van der Waals surface area contributed by atoms with E-state index in [2.05, 4.69) is 25.7 Å². The molecule has 2 atom stereocenters. The van der Waals surface area contributed by atoms with E-state index in [0.29, 0.717) is 18.4 Å². The predicted molar refractivity (Wildman–Crippen MR) is 107 cm³/mol. The van der Waals surface area contributed by atoms with Crippen molar-refractivity contribution in [3.63, 3.8) is 0 Å². The largest absolute Gasteiger partial charge is 0.354 e. The average Bonchev–Trinajstić information content (AvgIpc) is 3.39. The normalized spacial score (nSPS) is 23.0. The van der Waals surface area contributed by atoms with E-state index in [-0.39, 0.29) is 11.9 Å². The fourth-order valence-electron chi connectivity index (χ4n) is 4.18. The van der Waals surface area contributed by atoms with E-state index in [1.807, 2.05) is 31.2 Å². The van der Waals surface area contributed by atoms with Crippen LogP contribution in [-0.4, -0.2) is 53.2 Å². The zero-order valence-electron chi connectivity index (χ0n) is 16.5. The van der Waals surface area contributed by atoms with Crippen molar-refractivity contribution in [2.75, 3.05) is 26.2 Å². The number of aryl methyl sites for hydroxylation is 1. The number of likely N-dealkylation sites (tertiary alicyclic amines) is 1. The molecule has 2 saturated heterocycles. The summed E-state index contributed by atoms with van der Waals surface area (Å²) < 4.78 is 5.48. The van der Waals surface area contributed by atoms with Crippen LogP contribution in [0, 0.1) is 12.8 Å². The Morgan fingerprint density at radius 1 is 1.32 bits per heavy atom. The van der Waals surface area contributed by atoms with E-state index in [4.69, 9.17) is 4.52 Å². The Morgan fingerprint density at radius 3 is 3.04 bits per heavy atom. The lowest BCUT2D eigenvalue weighted by molar-refractivity contribution is -0.123. The number of nitrogens with zero attached hydrogens (tertiary/aromatic N) is 3. The number of rotatable bonds is 6. The quantitative estimate of drug-likeness (QED) is 0.795. The zero-order valence-corrected chi connectivity index (χ0v) is 16.5. The van der Waals surface area contributed by atoms with Crippen molar-refractivity contribution in [3.05, 3.63) is 35.7 Å². The van der Waals surface area contributed by atoms with Crippen LogP contribution in [0.25, 0.3) is 11.5 Å². The van der Waals surface area contributed by atoms with Gasteiger partial charge in [0.2, 0.25) is 5.91 Å². The second-order valence-electron chi connectivity index (χ2n) is 7.97. The van der Waals surface area contributed by atoms with Gasteiger partial charge in [0.05, 0.1) is 12.6 Å². The number of benzene rings is 1. The molecule has 2 aliphatic rings. The van der Waals surface area contributed by atoms with Gasteiger partial charge in [-0.25, -0.2) is 0 Å². The van der Waals surface area contributed by atoms with Crippen LogP contribution in [0.4, 0.5) is 0 Å². The molecule has 2 N–H and O–H groups in total. The number of nitrogens with one attached hydrogen (secondary N) is 2. The molecule has 0 saturated carbocycles. The van der Waals surface area contributed by atoms with Gasteiger partial charge in [0.1, 0.15) is 0 Å². The van der Waals surface area contributed by atoms with Crippen LogP contribution in [-0.2, 0) is 11.3 Å². The summed E-state index contributed by atoms with van der Waals surface area (Å²) in [5, 5.41) is 10.6. The smallest absolute Gasteiger partial charge is 0.258 e. The number of piperidine rings is 1. The second-order valence-corrected chi connectivity index (χ2v) is 7.97. The summed E-state index contributed by atoms with van der Waals surface area (Å²) in [6, 6.07) is 8.04. The highest BCUT2D eigenvalue weighted by Crippen LogP contribution is 2.22. The Balaban J connectivity index is 1.29. The lowest BCUT2D eigenvalue weighted by Gasteiger charge is -2.32. The maximum atomic E-state index is 12.2. The third-order valence-electron chi connectivity index (χ3n) is 5.75. The van der Waals surface area contributed by atoms with Crippen LogP contribution in [0.15, 0.2) is 28.8 Å². The molecule has 28 heavy (non-hydrogen) atoms. The van der Waals surface area contributed by atoms with Crippen molar-refractivity contribution < 1.29 is 9.32 Å². The highest BCUT2D eigenvalue weighted by atomic mass is 16.5. The molecule has 0 bridgehead atoms. The summed E-state index contributed by atoms with van der Waals surface area (Å²) in [5.41, 5.74) is 2.12. The van der Waals surface area contributed by atoms with Crippen LogP contribution < -0.4 is 10.6 Å². The fraction of sp³-hybridized carbons (Fsp3) is 0.571. The van der Waals surface area contributed by atoms with Crippen LogP contribution in [0.1, 0.15) is 37.1 Å². The van der Waals surface area contributed by atoms with E-state index in [0.717, 1.165) is 68.8 Å². The molecule has 1 aromatic carbocycles. The van der Waals surface area contributed by atoms with E-state index in [1.165, 1.54) is 0 Å². The van der Waals surface area contributed by atoms with Crippen molar-refractivity contribution in [1.82, 2.24) is 25.7 Å². The molecule has 0 radical (unpaired) electrons. The third-order valence-corrected chi connectivity index (χ3v) is 5.75. The number of carbonyl (C=O) groups is 1. The van der Waals surface area contributed by atoms with Gasteiger partial charge in [-0.2, -0.15) is 4.98 Å². The molecule has 0 spiro atoms. The van der Waals surface area contributed by atoms with E-state index in [1.54, 1.807) is 0 Å². The van der Waals surface area contributed by atoms with Crippen LogP contribution in [0.2, 0.25) is 0 Å². The fourth-order valence-corrected chi connectivity index (χ4v) is 4.18. The van der Waals surface area contributed by atoms with Gasteiger partial charge >= 0.3 is 0 Å². The summed E-state index contributed by atoms with van der Waals surface area (Å²) in [6.07, 6.45) is 4.31. The topological polar surface area (TPSA) is 83.3 Å². The Hall–Kier alpha value is -2.25. The first-order valence-corrected chi connectivity index (χ1v) is 10.3. The van der Waals surface area contributed by atoms with Crippen LogP contribution >= 0.6 is 0 Å². The first kappa shape index (κ1) is 19.1. The molecule has 1 aromatic heterocycles. The summed E-state index contributed by atoms with van der Waals surface area (Å²) in [5.74, 6) is 1.92. The molecular formula is C21H29N5O2. The van der Waals surface area contributed by atoms with Gasteiger partial charge in [-0.3, -0.25) is 9.69 Å². The number of hydrogen-bond acceptors (Lipinski definition) is 6. The second kappa shape index (κ2) is 8.84. The van der Waals surface area contributed by atoms with Gasteiger partial charge < -0.3 is 15.2 Å². The third kappa shape index (κ3) is 4.59. The van der Waals surface area contributed by atoms with E-state index < -0.39 is 0 Å². The molecule has 2 aliphatic heterocycles. The average molecular weight is 383 g/mol. The maximum Gasteiger partial charge on any atom is 0.258 e. The van der Waals surface area contributed by atoms with Crippen molar-refractivity contribution in [1.29, 1.82) is 0 Å². The molecule has 7 nitrogen and oxygen atoms in total. The van der Waals surface area contributed by atoms with Gasteiger partial charge in [-0.1, -0.05) is 23.4 Å². The Labute approximate surface area is 165 Å². The number of hydrogen-bond donors (Lipinski definition) is 2. The van der Waals surface area contributed by atoms with Crippen LogP contribution in [0.5, 0.6) is 0 Å². The maximum absolute atomic E-state index is 12.2. The molecule has 2 unspecified atom stereocenters. The first-order chi connectivity index (χ1) is 13.7. The monoisotopic (exact) mass is 383 g/mol. The highest BCUT2D eigenvalue weighted by molar-refractivity contribution is 5.81. The number of amides is 1. The Morgan fingerprint density at radius 2 is 2.21 bits per heavy atom. The lowest BCUT2D eigenvalue weighted by Crippen LogP contribution is -2.45. The summed E-state index contributed by atoms with van der Waals surface area (Å²) in [4.78, 5) is 19.2. The molecule has 7 heteroatoms. The lowest BCUT2D eigenvalue weighted by atomic mass is 9.98. The van der Waals surface area contributed by atoms with Gasteiger partial charge in [0, 0.05) is 18.7 Å². The van der Waals surface area contributed by atoms with Gasteiger partial charge in [-0.15, -0.1) is 0 Å². The Kier molecular flexibility index (Phi) is 6.02. The van der Waals surface area contributed by atoms with Gasteiger partial charge in [0.25, 0.3) is 5.89 Å². The van der Waals surface area contributed by atoms with E-state index >= 15 is 0 Å². The minimum Gasteiger partial charge on any atom is -0.354 e. The number of aromatic nitrogens is 2. The zero-order chi connectivity index (χ0) is 19.3. The van der Waals surface area contributed by atoms with Gasteiger partial charge in [0.15, 0.2) is 5.82 Å². The SMILES string of the molecule is Cc1ccccc1-c1nc(CN2CCCC(CNC(=O)C3CCCN3)C2)no1. The molecular weight excluding hydrogens is 354 g/mol. The molecule has 3 heterocycles. The minimum absolute atomic E-state index is 0.00103. The van der Waals surface area contributed by atoms with Crippen molar-refractivity contribution in [3.8, 4) is 11.5 Å². The molecule has 0 aliphatic carbocycles. The molecule has 2 aromatic rings. The molecule has 2 fully saturated rings.